The maximum absolute atomic E-state index is 13.6. The molecule has 1 saturated carbocycles. The lowest BCUT2D eigenvalue weighted by atomic mass is 10.0. The van der Waals surface area contributed by atoms with E-state index in [-0.39, 0.29) is 19.1 Å². The van der Waals surface area contributed by atoms with Gasteiger partial charge in [0.25, 0.3) is 5.92 Å². The minimum atomic E-state index is -2.51. The lowest BCUT2D eigenvalue weighted by Gasteiger charge is -2.31. The van der Waals surface area contributed by atoms with E-state index < -0.39 is 11.3 Å². The second-order valence-electron chi connectivity index (χ2n) is 5.86. The maximum atomic E-state index is 13.6. The monoisotopic (exact) mass is 247 g/mol. The van der Waals surface area contributed by atoms with Gasteiger partial charge >= 0.3 is 0 Å². The molecule has 4 heteroatoms. The summed E-state index contributed by atoms with van der Waals surface area (Å²) in [5, 5.41) is 0. The molecule has 0 aromatic carbocycles. The smallest absolute Gasteiger partial charge is 0.258 e. The maximum Gasteiger partial charge on any atom is 0.258 e. The van der Waals surface area contributed by atoms with Crippen LogP contribution in [-0.2, 0) is 4.74 Å². The number of alkyl halides is 2. The summed E-state index contributed by atoms with van der Waals surface area (Å²) in [6.45, 7) is 6.45. The number of ether oxygens (including phenoxy) is 1. The first-order chi connectivity index (χ1) is 7.95. The van der Waals surface area contributed by atoms with Gasteiger partial charge < -0.3 is 9.64 Å². The van der Waals surface area contributed by atoms with Gasteiger partial charge in [-0.2, -0.15) is 0 Å². The van der Waals surface area contributed by atoms with E-state index in [9.17, 15) is 8.78 Å². The average Bonchev–Trinajstić information content (AvgIpc) is 2.79. The highest BCUT2D eigenvalue weighted by atomic mass is 19.3. The third kappa shape index (κ3) is 2.97. The van der Waals surface area contributed by atoms with Crippen molar-refractivity contribution in [3.05, 3.63) is 0 Å². The van der Waals surface area contributed by atoms with E-state index in [0.717, 1.165) is 25.9 Å². The molecule has 0 aromatic heterocycles. The molecule has 0 amide bonds. The van der Waals surface area contributed by atoms with Crippen LogP contribution < -0.4 is 0 Å². The topological polar surface area (TPSA) is 12.5 Å². The van der Waals surface area contributed by atoms with E-state index in [2.05, 4.69) is 4.90 Å². The van der Waals surface area contributed by atoms with E-state index in [0.29, 0.717) is 6.54 Å². The van der Waals surface area contributed by atoms with Crippen LogP contribution in [0.2, 0.25) is 0 Å². The van der Waals surface area contributed by atoms with Crippen LogP contribution in [0.15, 0.2) is 0 Å². The third-order valence-corrected chi connectivity index (χ3v) is 3.88. The number of rotatable bonds is 5. The number of likely N-dealkylation sites (tertiary alicyclic amines) is 1. The van der Waals surface area contributed by atoms with Gasteiger partial charge in [0.15, 0.2) is 0 Å². The summed E-state index contributed by atoms with van der Waals surface area (Å²) < 4.78 is 32.5. The highest BCUT2D eigenvalue weighted by Crippen LogP contribution is 2.61. The second kappa shape index (κ2) is 4.81. The fraction of sp³-hybridized carbons (Fsp3) is 1.00. The molecule has 0 spiro atoms. The minimum absolute atomic E-state index is 0.00319. The zero-order chi connectivity index (χ0) is 12.5. The van der Waals surface area contributed by atoms with Crippen LogP contribution in [0.4, 0.5) is 8.78 Å². The Morgan fingerprint density at radius 1 is 1.18 bits per heavy atom. The lowest BCUT2D eigenvalue weighted by molar-refractivity contribution is -0.0268. The first-order valence-electron chi connectivity index (χ1n) is 6.67. The first-order valence-corrected chi connectivity index (χ1v) is 6.67. The highest BCUT2D eigenvalue weighted by molar-refractivity contribution is 5.11. The molecule has 0 bridgehead atoms. The second-order valence-corrected chi connectivity index (χ2v) is 5.86. The van der Waals surface area contributed by atoms with Crippen molar-refractivity contribution in [3.8, 4) is 0 Å². The molecule has 2 nitrogen and oxygen atoms in total. The van der Waals surface area contributed by atoms with Gasteiger partial charge in [0.05, 0.1) is 18.1 Å². The van der Waals surface area contributed by atoms with Gasteiger partial charge in [0.1, 0.15) is 0 Å². The molecule has 100 valence electrons. The summed E-state index contributed by atoms with van der Waals surface area (Å²) in [6, 6.07) is 0. The van der Waals surface area contributed by atoms with Crippen LogP contribution in [0.3, 0.4) is 0 Å². The minimum Gasteiger partial charge on any atom is -0.378 e. The molecule has 1 saturated heterocycles. The Morgan fingerprint density at radius 2 is 1.76 bits per heavy atom. The molecular weight excluding hydrogens is 224 g/mol. The van der Waals surface area contributed by atoms with Gasteiger partial charge in [-0.15, -0.1) is 0 Å². The van der Waals surface area contributed by atoms with Crippen molar-refractivity contribution in [2.24, 2.45) is 5.41 Å². The van der Waals surface area contributed by atoms with Gasteiger partial charge in [-0.3, -0.25) is 0 Å². The van der Waals surface area contributed by atoms with E-state index >= 15 is 0 Å². The summed E-state index contributed by atoms with van der Waals surface area (Å²) in [6.07, 6.45) is 3.56. The largest absolute Gasteiger partial charge is 0.378 e. The van der Waals surface area contributed by atoms with Crippen molar-refractivity contribution in [2.45, 2.75) is 51.6 Å². The Morgan fingerprint density at radius 3 is 2.24 bits per heavy atom. The van der Waals surface area contributed by atoms with Crippen molar-refractivity contribution in [2.75, 3.05) is 26.2 Å². The zero-order valence-electron chi connectivity index (χ0n) is 10.8. The normalized spacial score (nSPS) is 33.0. The molecule has 1 aliphatic heterocycles. The zero-order valence-corrected chi connectivity index (χ0v) is 10.8. The van der Waals surface area contributed by atoms with E-state index in [1.807, 2.05) is 13.8 Å². The third-order valence-electron chi connectivity index (χ3n) is 3.88. The van der Waals surface area contributed by atoms with Crippen molar-refractivity contribution in [1.82, 2.24) is 4.90 Å². The number of nitrogens with zero attached hydrogens (tertiary/aromatic N) is 1. The fourth-order valence-corrected chi connectivity index (χ4v) is 2.63. The van der Waals surface area contributed by atoms with E-state index in [1.54, 1.807) is 0 Å². The Labute approximate surface area is 102 Å². The Bertz CT molecular complexity index is 264. The number of halogens is 2. The average molecular weight is 247 g/mol. The molecule has 17 heavy (non-hydrogen) atoms. The SMILES string of the molecule is CC(C)OCC1(CN2CCCCC2)CC1(F)F. The molecule has 1 atom stereocenters. The van der Waals surface area contributed by atoms with Gasteiger partial charge in [-0.25, -0.2) is 8.78 Å². The number of piperidine rings is 1. The van der Waals surface area contributed by atoms with Crippen LogP contribution in [-0.4, -0.2) is 43.2 Å². The van der Waals surface area contributed by atoms with E-state index in [4.69, 9.17) is 4.74 Å². The summed E-state index contributed by atoms with van der Waals surface area (Å²) >= 11 is 0. The molecule has 1 unspecified atom stereocenters. The molecule has 2 fully saturated rings. The summed E-state index contributed by atoms with van der Waals surface area (Å²) in [5.74, 6) is -2.51. The quantitative estimate of drug-likeness (QED) is 0.740. The predicted molar refractivity (Wildman–Crippen MR) is 63.4 cm³/mol. The summed E-state index contributed by atoms with van der Waals surface area (Å²) in [7, 11) is 0. The fourth-order valence-electron chi connectivity index (χ4n) is 2.63. The summed E-state index contributed by atoms with van der Waals surface area (Å²) in [4.78, 5) is 2.19. The Balaban J connectivity index is 1.89. The molecule has 0 aromatic rings. The molecular formula is C13H23F2NO. The van der Waals surface area contributed by atoms with Gasteiger partial charge in [0.2, 0.25) is 0 Å². The molecule has 1 heterocycles. The van der Waals surface area contributed by atoms with Crippen LogP contribution in [0.5, 0.6) is 0 Å². The highest BCUT2D eigenvalue weighted by Gasteiger charge is 2.71. The first kappa shape index (κ1) is 13.2. The number of hydrogen-bond acceptors (Lipinski definition) is 2. The molecule has 2 rings (SSSR count). The van der Waals surface area contributed by atoms with Crippen LogP contribution in [0, 0.1) is 5.41 Å². The van der Waals surface area contributed by atoms with Gasteiger partial charge in [-0.05, 0) is 39.8 Å². The van der Waals surface area contributed by atoms with Gasteiger partial charge in [0, 0.05) is 13.0 Å². The molecule has 2 aliphatic rings. The van der Waals surface area contributed by atoms with Crippen LogP contribution in [0.25, 0.3) is 0 Å². The Kier molecular flexibility index (Phi) is 3.74. The van der Waals surface area contributed by atoms with Crippen LogP contribution in [0.1, 0.15) is 39.5 Å². The Hall–Kier alpha value is -0.220. The van der Waals surface area contributed by atoms with Crippen LogP contribution >= 0.6 is 0 Å². The standard InChI is InChI=1S/C13H23F2NO/c1-11(2)17-10-12(8-13(12,14)15)9-16-6-4-3-5-7-16/h11H,3-10H2,1-2H3. The van der Waals surface area contributed by atoms with Crippen molar-refractivity contribution in [3.63, 3.8) is 0 Å². The number of hydrogen-bond donors (Lipinski definition) is 0. The van der Waals surface area contributed by atoms with Crippen molar-refractivity contribution < 1.29 is 13.5 Å². The van der Waals surface area contributed by atoms with Gasteiger partial charge in [-0.1, -0.05) is 6.42 Å². The van der Waals surface area contributed by atoms with Crippen molar-refractivity contribution >= 4 is 0 Å². The molecule has 0 N–H and O–H groups in total. The van der Waals surface area contributed by atoms with Crippen molar-refractivity contribution in [1.29, 1.82) is 0 Å². The summed E-state index contributed by atoms with van der Waals surface area (Å²) in [5.41, 5.74) is -0.894. The lowest BCUT2D eigenvalue weighted by Crippen LogP contribution is -2.39. The van der Waals surface area contributed by atoms with E-state index in [1.165, 1.54) is 6.42 Å². The predicted octanol–water partition coefficient (Wildman–Crippen LogP) is 2.92. The molecule has 1 aliphatic carbocycles. The molecule has 0 radical (unpaired) electrons.